The van der Waals surface area contributed by atoms with E-state index < -0.39 is 9.63 Å². The van der Waals surface area contributed by atoms with E-state index in [1.807, 2.05) is 6.07 Å². The fraction of sp³-hybridized carbons (Fsp3) is 0.667. The van der Waals surface area contributed by atoms with Crippen LogP contribution in [0.25, 0.3) is 0 Å². The maximum atomic E-state index is 10.6. The molecule has 0 atom stereocenters. The molecular formula is C6H7Cl2NO2S. The summed E-state index contributed by atoms with van der Waals surface area (Å²) in [5.74, 6) is -0.367. The van der Waals surface area contributed by atoms with Crippen molar-refractivity contribution in [1.29, 1.82) is 5.26 Å². The first-order valence-electron chi connectivity index (χ1n) is 2.97. The summed E-state index contributed by atoms with van der Waals surface area (Å²) in [6.07, 6.45) is -0.0300. The molecule has 0 spiro atoms. The van der Waals surface area contributed by atoms with E-state index >= 15 is 0 Å². The number of nitrogens with zero attached hydrogens (tertiary/aromatic N) is 1. The summed E-state index contributed by atoms with van der Waals surface area (Å²) >= 11 is 12.2. The maximum absolute atomic E-state index is 10.6. The topological polar surface area (TPSA) is 50.1 Å². The monoisotopic (exact) mass is 227 g/mol. The SMILES string of the molecule is COC(=O)CSC(Cl)(Cl)CC#N. The van der Waals surface area contributed by atoms with E-state index in [0.717, 1.165) is 11.8 Å². The fourth-order valence-electron chi connectivity index (χ4n) is 0.367. The lowest BCUT2D eigenvalue weighted by Gasteiger charge is -2.13. The summed E-state index contributed by atoms with van der Waals surface area (Å²) in [6, 6.07) is 1.81. The molecule has 0 N–H and O–H groups in total. The van der Waals surface area contributed by atoms with Crippen LogP contribution in [0.15, 0.2) is 0 Å². The van der Waals surface area contributed by atoms with Gasteiger partial charge in [0.2, 0.25) is 0 Å². The zero-order chi connectivity index (χ0) is 9.61. The Morgan fingerprint density at radius 2 is 2.33 bits per heavy atom. The average Bonchev–Trinajstić information content (AvgIpc) is 2.00. The second kappa shape index (κ2) is 5.52. The van der Waals surface area contributed by atoms with Crippen LogP contribution >= 0.6 is 35.0 Å². The minimum absolute atomic E-state index is 0.0300. The molecule has 0 bridgehead atoms. The van der Waals surface area contributed by atoms with Crippen molar-refractivity contribution in [3.8, 4) is 6.07 Å². The molecule has 0 aliphatic heterocycles. The number of rotatable bonds is 4. The summed E-state index contributed by atoms with van der Waals surface area (Å²) in [6.45, 7) is 0. The summed E-state index contributed by atoms with van der Waals surface area (Å²) in [5.41, 5.74) is 0. The normalized spacial score (nSPS) is 10.5. The lowest BCUT2D eigenvalue weighted by molar-refractivity contribution is -0.137. The molecule has 6 heteroatoms. The van der Waals surface area contributed by atoms with Gasteiger partial charge in [0.15, 0.2) is 3.67 Å². The standard InChI is InChI=1S/C6H7Cl2NO2S/c1-11-5(10)4-12-6(7,8)2-3-9/h2,4H2,1H3. The summed E-state index contributed by atoms with van der Waals surface area (Å²) in [7, 11) is 1.28. The second-order valence-corrected chi connectivity index (χ2v) is 5.04. The Morgan fingerprint density at radius 1 is 1.75 bits per heavy atom. The number of hydrogen-bond acceptors (Lipinski definition) is 4. The lowest BCUT2D eigenvalue weighted by Crippen LogP contribution is -2.12. The molecule has 0 fully saturated rings. The van der Waals surface area contributed by atoms with Gasteiger partial charge < -0.3 is 4.74 Å². The van der Waals surface area contributed by atoms with Crippen molar-refractivity contribution in [3.05, 3.63) is 0 Å². The van der Waals surface area contributed by atoms with Gasteiger partial charge in [-0.2, -0.15) is 5.26 Å². The van der Waals surface area contributed by atoms with Crippen LogP contribution in [0.5, 0.6) is 0 Å². The van der Waals surface area contributed by atoms with Gasteiger partial charge in [-0.3, -0.25) is 4.79 Å². The van der Waals surface area contributed by atoms with Crippen LogP contribution in [0.2, 0.25) is 0 Å². The van der Waals surface area contributed by atoms with Gasteiger partial charge in [0.25, 0.3) is 0 Å². The number of carbonyl (C=O) groups is 1. The quantitative estimate of drug-likeness (QED) is 0.545. The van der Waals surface area contributed by atoms with Crippen molar-refractivity contribution in [1.82, 2.24) is 0 Å². The molecule has 0 amide bonds. The molecule has 12 heavy (non-hydrogen) atoms. The van der Waals surface area contributed by atoms with E-state index in [1.165, 1.54) is 7.11 Å². The molecule has 0 heterocycles. The molecule has 0 radical (unpaired) electrons. The van der Waals surface area contributed by atoms with Crippen LogP contribution in [0.1, 0.15) is 6.42 Å². The number of alkyl halides is 2. The highest BCUT2D eigenvalue weighted by atomic mass is 35.5. The van der Waals surface area contributed by atoms with E-state index in [9.17, 15) is 4.79 Å². The number of carbonyl (C=O) groups excluding carboxylic acids is 1. The van der Waals surface area contributed by atoms with Crippen molar-refractivity contribution >= 4 is 40.9 Å². The van der Waals surface area contributed by atoms with Gasteiger partial charge in [0.05, 0.1) is 25.4 Å². The Kier molecular flexibility index (Phi) is 5.47. The second-order valence-electron chi connectivity index (χ2n) is 1.84. The van der Waals surface area contributed by atoms with E-state index in [2.05, 4.69) is 4.74 Å². The molecule has 68 valence electrons. The first-order valence-corrected chi connectivity index (χ1v) is 4.71. The fourth-order valence-corrected chi connectivity index (χ4v) is 1.43. The van der Waals surface area contributed by atoms with Crippen LogP contribution < -0.4 is 0 Å². The first kappa shape index (κ1) is 11.9. The first-order chi connectivity index (χ1) is 5.52. The minimum atomic E-state index is -1.22. The summed E-state index contributed by atoms with van der Waals surface area (Å²) in [4.78, 5) is 10.6. The third kappa shape index (κ3) is 5.53. The van der Waals surface area contributed by atoms with Gasteiger partial charge in [0.1, 0.15) is 0 Å². The van der Waals surface area contributed by atoms with Crippen LogP contribution in [-0.2, 0) is 9.53 Å². The average molecular weight is 228 g/mol. The molecule has 0 aromatic carbocycles. The lowest BCUT2D eigenvalue weighted by atomic mass is 10.5. The van der Waals surface area contributed by atoms with Crippen molar-refractivity contribution in [2.75, 3.05) is 12.9 Å². The summed E-state index contributed by atoms with van der Waals surface area (Å²) < 4.78 is 3.14. The third-order valence-electron chi connectivity index (χ3n) is 0.914. The predicted molar refractivity (Wildman–Crippen MR) is 49.1 cm³/mol. The molecule has 0 unspecified atom stereocenters. The van der Waals surface area contributed by atoms with E-state index in [1.54, 1.807) is 0 Å². The predicted octanol–water partition coefficient (Wildman–Crippen LogP) is 1.94. The molecule has 0 saturated carbocycles. The molecule has 0 aliphatic rings. The number of esters is 1. The highest BCUT2D eigenvalue weighted by Crippen LogP contribution is 2.37. The maximum Gasteiger partial charge on any atom is 0.315 e. The van der Waals surface area contributed by atoms with Crippen LogP contribution in [-0.4, -0.2) is 22.5 Å². The largest absolute Gasteiger partial charge is 0.468 e. The van der Waals surface area contributed by atoms with Gasteiger partial charge >= 0.3 is 5.97 Å². The summed E-state index contributed by atoms with van der Waals surface area (Å²) in [5, 5.41) is 8.28. The van der Waals surface area contributed by atoms with Gasteiger partial charge in [-0.25, -0.2) is 0 Å². The Labute approximate surface area is 85.0 Å². The highest BCUT2D eigenvalue weighted by molar-refractivity contribution is 8.03. The number of thioether (sulfide) groups is 1. The van der Waals surface area contributed by atoms with Crippen molar-refractivity contribution in [2.45, 2.75) is 10.1 Å². The Morgan fingerprint density at radius 3 is 2.75 bits per heavy atom. The van der Waals surface area contributed by atoms with Gasteiger partial charge in [0, 0.05) is 0 Å². The molecule has 3 nitrogen and oxygen atoms in total. The van der Waals surface area contributed by atoms with Crippen molar-refractivity contribution in [2.24, 2.45) is 0 Å². The van der Waals surface area contributed by atoms with Crippen LogP contribution in [0.4, 0.5) is 0 Å². The number of methoxy groups -OCH3 is 1. The molecule has 0 saturated heterocycles. The Hall–Kier alpha value is -0.110. The third-order valence-corrected chi connectivity index (χ3v) is 2.78. The Bertz CT molecular complexity index is 202. The number of ether oxygens (including phenoxy) is 1. The van der Waals surface area contributed by atoms with Gasteiger partial charge in [-0.1, -0.05) is 23.2 Å². The number of halogens is 2. The molecular weight excluding hydrogens is 221 g/mol. The van der Waals surface area contributed by atoms with Crippen LogP contribution in [0.3, 0.4) is 0 Å². The molecule has 0 aromatic heterocycles. The van der Waals surface area contributed by atoms with Crippen molar-refractivity contribution < 1.29 is 9.53 Å². The molecule has 0 aromatic rings. The van der Waals surface area contributed by atoms with E-state index in [4.69, 9.17) is 28.5 Å². The van der Waals surface area contributed by atoms with E-state index in [0.29, 0.717) is 0 Å². The minimum Gasteiger partial charge on any atom is -0.468 e. The smallest absolute Gasteiger partial charge is 0.315 e. The van der Waals surface area contributed by atoms with E-state index in [-0.39, 0.29) is 12.2 Å². The Balaban J connectivity index is 3.76. The molecule has 0 aliphatic carbocycles. The van der Waals surface area contributed by atoms with Gasteiger partial charge in [-0.15, -0.1) is 11.8 Å². The zero-order valence-corrected chi connectivity index (χ0v) is 8.67. The number of hydrogen-bond donors (Lipinski definition) is 0. The van der Waals surface area contributed by atoms with Crippen molar-refractivity contribution in [3.63, 3.8) is 0 Å². The highest BCUT2D eigenvalue weighted by Gasteiger charge is 2.25. The molecule has 0 rings (SSSR count). The van der Waals surface area contributed by atoms with Crippen LogP contribution in [0, 0.1) is 11.3 Å². The van der Waals surface area contributed by atoms with Gasteiger partial charge in [-0.05, 0) is 0 Å². The zero-order valence-electron chi connectivity index (χ0n) is 6.34. The number of nitriles is 1.